The largest absolute Gasteiger partial charge is 0.497 e. The zero-order chi connectivity index (χ0) is 14.1. The van der Waals surface area contributed by atoms with Crippen LogP contribution in [0.4, 0.5) is 0 Å². The third kappa shape index (κ3) is 1.95. The predicted octanol–water partition coefficient (Wildman–Crippen LogP) is 3.38. The highest BCUT2D eigenvalue weighted by atomic mass is 16.5. The molecule has 0 bridgehead atoms. The van der Waals surface area contributed by atoms with Crippen molar-refractivity contribution in [2.75, 3.05) is 7.11 Å². The van der Waals surface area contributed by atoms with Gasteiger partial charge in [0.15, 0.2) is 5.76 Å². The van der Waals surface area contributed by atoms with Gasteiger partial charge in [-0.05, 0) is 31.2 Å². The van der Waals surface area contributed by atoms with E-state index >= 15 is 0 Å². The number of carbonyl (C=O) groups is 1. The van der Waals surface area contributed by atoms with E-state index in [1.165, 1.54) is 6.20 Å². The summed E-state index contributed by atoms with van der Waals surface area (Å²) in [5.74, 6) is 0.888. The van der Waals surface area contributed by atoms with Gasteiger partial charge in [-0.1, -0.05) is 0 Å². The minimum Gasteiger partial charge on any atom is -0.497 e. The number of rotatable bonds is 3. The molecule has 0 N–H and O–H groups in total. The number of aromatic nitrogens is 1. The number of nitrogens with zero attached hydrogens (tertiary/aromatic N) is 1. The molecule has 20 heavy (non-hydrogen) atoms. The van der Waals surface area contributed by atoms with Crippen LogP contribution >= 0.6 is 0 Å². The van der Waals surface area contributed by atoms with Gasteiger partial charge in [0.2, 0.25) is 5.78 Å². The maximum Gasteiger partial charge on any atom is 0.230 e. The number of fused-ring (bicyclic) bond motifs is 1. The Morgan fingerprint density at radius 2 is 2.15 bits per heavy atom. The van der Waals surface area contributed by atoms with Gasteiger partial charge >= 0.3 is 0 Å². The van der Waals surface area contributed by atoms with Crippen LogP contribution in [0.2, 0.25) is 0 Å². The van der Waals surface area contributed by atoms with Gasteiger partial charge in [-0.3, -0.25) is 9.78 Å². The molecular formula is C16H13NO3. The second-order valence-corrected chi connectivity index (χ2v) is 4.49. The quantitative estimate of drug-likeness (QED) is 0.683. The van der Waals surface area contributed by atoms with Crippen LogP contribution in [0.25, 0.3) is 11.0 Å². The van der Waals surface area contributed by atoms with E-state index in [2.05, 4.69) is 4.98 Å². The summed E-state index contributed by atoms with van der Waals surface area (Å²) in [5.41, 5.74) is 1.99. The Labute approximate surface area is 116 Å². The first-order chi connectivity index (χ1) is 9.70. The van der Waals surface area contributed by atoms with Crippen molar-refractivity contribution in [3.05, 3.63) is 59.6 Å². The molecule has 0 saturated carbocycles. The number of hydrogen-bond acceptors (Lipinski definition) is 4. The van der Waals surface area contributed by atoms with Crippen molar-refractivity contribution >= 4 is 16.8 Å². The topological polar surface area (TPSA) is 52.3 Å². The first-order valence-electron chi connectivity index (χ1n) is 6.22. The van der Waals surface area contributed by atoms with E-state index in [0.717, 1.165) is 10.9 Å². The Hall–Kier alpha value is -2.62. The van der Waals surface area contributed by atoms with Gasteiger partial charge in [0.1, 0.15) is 11.3 Å². The summed E-state index contributed by atoms with van der Waals surface area (Å²) in [6, 6.07) is 8.98. The monoisotopic (exact) mass is 267 g/mol. The highest BCUT2D eigenvalue weighted by Gasteiger charge is 2.19. The summed E-state index contributed by atoms with van der Waals surface area (Å²) in [7, 11) is 1.60. The van der Waals surface area contributed by atoms with Crippen LogP contribution in [-0.4, -0.2) is 17.9 Å². The number of methoxy groups -OCH3 is 1. The van der Waals surface area contributed by atoms with Gasteiger partial charge in [-0.15, -0.1) is 0 Å². The molecule has 0 atom stereocenters. The van der Waals surface area contributed by atoms with Crippen LogP contribution in [0.1, 0.15) is 21.7 Å². The molecule has 3 rings (SSSR count). The van der Waals surface area contributed by atoms with Crippen LogP contribution < -0.4 is 4.74 Å². The molecule has 0 aliphatic rings. The molecule has 0 fully saturated rings. The van der Waals surface area contributed by atoms with Gasteiger partial charge in [-0.2, -0.15) is 0 Å². The molecule has 3 aromatic rings. The van der Waals surface area contributed by atoms with Crippen LogP contribution in [-0.2, 0) is 0 Å². The summed E-state index contributed by atoms with van der Waals surface area (Å²) >= 11 is 0. The lowest BCUT2D eigenvalue weighted by Crippen LogP contribution is -2.01. The third-order valence-electron chi connectivity index (χ3n) is 3.28. The number of aryl methyl sites for hydroxylation is 1. The first kappa shape index (κ1) is 12.4. The average Bonchev–Trinajstić information content (AvgIpc) is 2.84. The van der Waals surface area contributed by atoms with Gasteiger partial charge in [0.05, 0.1) is 7.11 Å². The molecule has 2 aromatic heterocycles. The second kappa shape index (κ2) is 4.81. The van der Waals surface area contributed by atoms with Crippen molar-refractivity contribution in [3.8, 4) is 5.75 Å². The molecular weight excluding hydrogens is 254 g/mol. The van der Waals surface area contributed by atoms with E-state index < -0.39 is 0 Å². The lowest BCUT2D eigenvalue weighted by Gasteiger charge is -1.97. The van der Waals surface area contributed by atoms with Crippen LogP contribution in [0.3, 0.4) is 0 Å². The summed E-state index contributed by atoms with van der Waals surface area (Å²) in [4.78, 5) is 16.4. The normalized spacial score (nSPS) is 10.7. The van der Waals surface area contributed by atoms with E-state index in [-0.39, 0.29) is 5.78 Å². The van der Waals surface area contributed by atoms with Gasteiger partial charge in [-0.25, -0.2) is 0 Å². The molecule has 2 heterocycles. The number of benzene rings is 1. The maximum absolute atomic E-state index is 12.4. The Kier molecular flexibility index (Phi) is 2.99. The molecule has 0 spiro atoms. The Morgan fingerprint density at radius 1 is 1.30 bits per heavy atom. The fourth-order valence-corrected chi connectivity index (χ4v) is 2.18. The second-order valence-electron chi connectivity index (χ2n) is 4.49. The van der Waals surface area contributed by atoms with E-state index in [1.54, 1.807) is 31.5 Å². The van der Waals surface area contributed by atoms with Crippen molar-refractivity contribution in [2.45, 2.75) is 6.92 Å². The number of ketones is 1. The molecule has 4 heteroatoms. The van der Waals surface area contributed by atoms with E-state index in [0.29, 0.717) is 22.7 Å². The zero-order valence-corrected chi connectivity index (χ0v) is 11.2. The number of ether oxygens (including phenoxy) is 1. The Balaban J connectivity index is 2.12. The SMILES string of the molecule is COc1ccc2c(C)c(C(=O)c3cccnc3)oc2c1. The zero-order valence-electron chi connectivity index (χ0n) is 11.2. The van der Waals surface area contributed by atoms with Crippen molar-refractivity contribution < 1.29 is 13.9 Å². The predicted molar refractivity (Wildman–Crippen MR) is 75.2 cm³/mol. The lowest BCUT2D eigenvalue weighted by atomic mass is 10.1. The first-order valence-corrected chi connectivity index (χ1v) is 6.22. The van der Waals surface area contributed by atoms with Crippen molar-refractivity contribution in [3.63, 3.8) is 0 Å². The van der Waals surface area contributed by atoms with Crippen molar-refractivity contribution in [1.29, 1.82) is 0 Å². The Morgan fingerprint density at radius 3 is 2.85 bits per heavy atom. The minimum atomic E-state index is -0.161. The van der Waals surface area contributed by atoms with E-state index in [1.807, 2.05) is 19.1 Å². The van der Waals surface area contributed by atoms with Gasteiger partial charge in [0, 0.05) is 35.0 Å². The average molecular weight is 267 g/mol. The number of pyridine rings is 1. The number of carbonyl (C=O) groups excluding carboxylic acids is 1. The summed E-state index contributed by atoms with van der Waals surface area (Å²) < 4.78 is 10.9. The number of hydrogen-bond donors (Lipinski definition) is 0. The van der Waals surface area contributed by atoms with E-state index in [9.17, 15) is 4.79 Å². The highest BCUT2D eigenvalue weighted by molar-refractivity contribution is 6.10. The molecule has 100 valence electrons. The molecule has 0 amide bonds. The summed E-state index contributed by atoms with van der Waals surface area (Å²) in [6.07, 6.45) is 3.17. The smallest absolute Gasteiger partial charge is 0.230 e. The van der Waals surface area contributed by atoms with Gasteiger partial charge in [0.25, 0.3) is 0 Å². The molecule has 4 nitrogen and oxygen atoms in total. The van der Waals surface area contributed by atoms with Crippen LogP contribution in [0.5, 0.6) is 5.75 Å². The van der Waals surface area contributed by atoms with Crippen LogP contribution in [0, 0.1) is 6.92 Å². The number of furan rings is 1. The molecule has 1 aromatic carbocycles. The highest BCUT2D eigenvalue weighted by Crippen LogP contribution is 2.29. The lowest BCUT2D eigenvalue weighted by molar-refractivity contribution is 0.101. The minimum absolute atomic E-state index is 0.161. The Bertz CT molecular complexity index is 775. The van der Waals surface area contributed by atoms with Crippen molar-refractivity contribution in [1.82, 2.24) is 4.98 Å². The standard InChI is InChI=1S/C16H13NO3/c1-10-13-6-5-12(19-2)8-14(13)20-16(10)15(18)11-4-3-7-17-9-11/h3-9H,1-2H3. The molecule has 0 saturated heterocycles. The van der Waals surface area contributed by atoms with Crippen molar-refractivity contribution in [2.24, 2.45) is 0 Å². The molecule has 0 aliphatic carbocycles. The van der Waals surface area contributed by atoms with Crippen LogP contribution in [0.15, 0.2) is 47.1 Å². The molecule has 0 radical (unpaired) electrons. The third-order valence-corrected chi connectivity index (χ3v) is 3.28. The fourth-order valence-electron chi connectivity index (χ4n) is 2.18. The summed E-state index contributed by atoms with van der Waals surface area (Å²) in [6.45, 7) is 1.88. The summed E-state index contributed by atoms with van der Waals surface area (Å²) in [5, 5.41) is 0.915. The fraction of sp³-hybridized carbons (Fsp3) is 0.125. The van der Waals surface area contributed by atoms with E-state index in [4.69, 9.17) is 9.15 Å². The molecule has 0 unspecified atom stereocenters. The van der Waals surface area contributed by atoms with Gasteiger partial charge < -0.3 is 9.15 Å². The molecule has 0 aliphatic heterocycles. The maximum atomic E-state index is 12.4.